The Labute approximate surface area is 76.9 Å². The van der Waals surface area contributed by atoms with Gasteiger partial charge in [0, 0.05) is 26.8 Å². The van der Waals surface area contributed by atoms with E-state index in [-0.39, 0.29) is 0 Å². The Morgan fingerprint density at radius 1 is 1.67 bits per heavy atom. The summed E-state index contributed by atoms with van der Waals surface area (Å²) < 4.78 is 2.26. The number of fused-ring (bicyclic) bond motifs is 1. The van der Waals surface area contributed by atoms with Crippen molar-refractivity contribution < 1.29 is 4.68 Å². The van der Waals surface area contributed by atoms with Gasteiger partial charge in [-0.1, -0.05) is 0 Å². The summed E-state index contributed by atoms with van der Waals surface area (Å²) in [5.41, 5.74) is 4.74. The van der Waals surface area contributed by atoms with Crippen LogP contribution in [0.5, 0.6) is 0 Å². The third kappa shape index (κ3) is 1.24. The molecule has 4 heteroatoms. The molecule has 3 nitrogen and oxygen atoms in total. The third-order valence-corrected chi connectivity index (χ3v) is 3.57. The van der Waals surface area contributed by atoms with E-state index < -0.39 is 0 Å². The first-order chi connectivity index (χ1) is 5.81. The molecular weight excluding hydrogens is 170 g/mol. The first kappa shape index (κ1) is 8.10. The van der Waals surface area contributed by atoms with Gasteiger partial charge in [0.2, 0.25) is 10.5 Å². The summed E-state index contributed by atoms with van der Waals surface area (Å²) in [5.74, 6) is 0. The van der Waals surface area contributed by atoms with Crippen LogP contribution in [0.3, 0.4) is 0 Å². The second kappa shape index (κ2) is 3.09. The minimum absolute atomic E-state index is 0.595. The van der Waals surface area contributed by atoms with E-state index in [1.165, 1.54) is 25.0 Å². The molecule has 0 aromatic heterocycles. The maximum Gasteiger partial charge on any atom is 0.234 e. The van der Waals surface area contributed by atoms with E-state index in [1.807, 2.05) is 18.8 Å². The predicted octanol–water partition coefficient (Wildman–Crippen LogP) is 1.21. The molecule has 12 heavy (non-hydrogen) atoms. The smallest absolute Gasteiger partial charge is 0.234 e. The average molecular weight is 184 g/mol. The van der Waals surface area contributed by atoms with Crippen molar-refractivity contribution >= 4 is 22.6 Å². The zero-order valence-corrected chi connectivity index (χ0v) is 8.32. The molecule has 0 aromatic rings. The van der Waals surface area contributed by atoms with Gasteiger partial charge in [-0.05, 0) is 18.2 Å². The van der Waals surface area contributed by atoms with Crippen LogP contribution in [0.1, 0.15) is 26.2 Å². The molecule has 0 bridgehead atoms. The Balaban J connectivity index is 2.26. The second-order valence-corrected chi connectivity index (χ2v) is 4.38. The van der Waals surface area contributed by atoms with Gasteiger partial charge in [-0.15, -0.1) is 10.1 Å². The van der Waals surface area contributed by atoms with Crippen molar-refractivity contribution in [1.82, 2.24) is 5.43 Å². The number of thioether (sulfide) groups is 1. The summed E-state index contributed by atoms with van der Waals surface area (Å²) in [6.45, 7) is 2.19. The number of amidine groups is 1. The first-order valence-electron chi connectivity index (χ1n) is 4.33. The molecule has 0 aromatic carbocycles. The molecule has 1 N–H and O–H groups in total. The van der Waals surface area contributed by atoms with E-state index in [4.69, 9.17) is 0 Å². The van der Waals surface area contributed by atoms with Crippen LogP contribution in [0.15, 0.2) is 4.99 Å². The number of nitrogens with zero attached hydrogens (tertiary/aromatic N) is 2. The van der Waals surface area contributed by atoms with Crippen molar-refractivity contribution in [3.8, 4) is 0 Å². The lowest BCUT2D eigenvalue weighted by Gasteiger charge is -2.11. The number of hydrogen-bond donors (Lipinski definition) is 1. The van der Waals surface area contributed by atoms with Gasteiger partial charge in [0.05, 0.1) is 0 Å². The van der Waals surface area contributed by atoms with E-state index in [1.54, 1.807) is 0 Å². The largest absolute Gasteiger partial charge is 0.261 e. The Morgan fingerprint density at radius 3 is 3.17 bits per heavy atom. The standard InChI is InChI=1S/C8H14N3S/c1-6-4-3-5-7-11(6)10-8(9-2)12-7/h7H,3-5H2,1-2H3,(H,9,10)/q+1. The monoisotopic (exact) mass is 184 g/mol. The molecule has 1 atom stereocenters. The van der Waals surface area contributed by atoms with Gasteiger partial charge >= 0.3 is 0 Å². The van der Waals surface area contributed by atoms with Crippen molar-refractivity contribution in [1.29, 1.82) is 0 Å². The van der Waals surface area contributed by atoms with Gasteiger partial charge in [0.1, 0.15) is 0 Å². The molecule has 2 aliphatic heterocycles. The molecule has 0 radical (unpaired) electrons. The van der Waals surface area contributed by atoms with Crippen molar-refractivity contribution in [3.63, 3.8) is 0 Å². The fraction of sp³-hybridized carbons (Fsp3) is 0.750. The SMILES string of the molecule is CN=C1N[N+]2=C(C)CCCC2S1. The molecule has 1 saturated heterocycles. The molecular formula is C8H14N3S+. The van der Waals surface area contributed by atoms with E-state index >= 15 is 0 Å². The number of hydrogen-bond acceptors (Lipinski definition) is 2. The molecule has 2 rings (SSSR count). The second-order valence-electron chi connectivity index (χ2n) is 3.21. The topological polar surface area (TPSA) is 27.4 Å². The number of rotatable bonds is 0. The van der Waals surface area contributed by atoms with E-state index in [0.29, 0.717) is 5.37 Å². The van der Waals surface area contributed by atoms with Crippen LogP contribution in [0.2, 0.25) is 0 Å². The lowest BCUT2D eigenvalue weighted by atomic mass is 10.1. The normalized spacial score (nSPS) is 32.2. The molecule has 66 valence electrons. The van der Waals surface area contributed by atoms with E-state index in [0.717, 1.165) is 5.17 Å². The van der Waals surface area contributed by atoms with Crippen LogP contribution in [0, 0.1) is 0 Å². The summed E-state index contributed by atoms with van der Waals surface area (Å²) in [6, 6.07) is 0. The lowest BCUT2D eigenvalue weighted by Crippen LogP contribution is -2.36. The van der Waals surface area contributed by atoms with Gasteiger partial charge < -0.3 is 0 Å². The van der Waals surface area contributed by atoms with Crippen LogP contribution in [0.25, 0.3) is 0 Å². The molecule has 0 saturated carbocycles. The minimum atomic E-state index is 0.595. The van der Waals surface area contributed by atoms with Gasteiger partial charge in [0.15, 0.2) is 5.71 Å². The molecule has 0 spiro atoms. The maximum atomic E-state index is 4.16. The van der Waals surface area contributed by atoms with Crippen molar-refractivity contribution in [2.24, 2.45) is 4.99 Å². The summed E-state index contributed by atoms with van der Waals surface area (Å²) in [6.07, 6.45) is 3.81. The lowest BCUT2D eigenvalue weighted by molar-refractivity contribution is -0.583. The number of hydrazone groups is 1. The van der Waals surface area contributed by atoms with Gasteiger partial charge in [-0.2, -0.15) is 0 Å². The molecule has 2 heterocycles. The predicted molar refractivity (Wildman–Crippen MR) is 52.7 cm³/mol. The van der Waals surface area contributed by atoms with Gasteiger partial charge in [-0.3, -0.25) is 4.99 Å². The molecule has 0 aliphatic carbocycles. The van der Waals surface area contributed by atoms with Crippen molar-refractivity contribution in [3.05, 3.63) is 0 Å². The fourth-order valence-corrected chi connectivity index (χ4v) is 2.80. The number of aliphatic imine (C=N–C) groups is 1. The molecule has 0 amide bonds. The first-order valence-corrected chi connectivity index (χ1v) is 5.21. The van der Waals surface area contributed by atoms with Gasteiger partial charge in [0.25, 0.3) is 0 Å². The molecule has 1 unspecified atom stereocenters. The summed E-state index contributed by atoms with van der Waals surface area (Å²) in [4.78, 5) is 4.16. The molecule has 1 fully saturated rings. The summed E-state index contributed by atoms with van der Waals surface area (Å²) >= 11 is 1.84. The Kier molecular flexibility index (Phi) is 2.09. The van der Waals surface area contributed by atoms with E-state index in [9.17, 15) is 0 Å². The van der Waals surface area contributed by atoms with E-state index in [2.05, 4.69) is 22.0 Å². The zero-order valence-electron chi connectivity index (χ0n) is 7.50. The quantitative estimate of drug-likeness (QED) is 0.573. The van der Waals surface area contributed by atoms with Crippen LogP contribution in [-0.2, 0) is 0 Å². The minimum Gasteiger partial charge on any atom is -0.261 e. The number of nitrogens with one attached hydrogen (secondary N) is 1. The summed E-state index contributed by atoms with van der Waals surface area (Å²) in [5, 5.41) is 1.65. The zero-order chi connectivity index (χ0) is 8.55. The molecule has 2 aliphatic rings. The highest BCUT2D eigenvalue weighted by Gasteiger charge is 2.37. The van der Waals surface area contributed by atoms with Crippen LogP contribution in [0.4, 0.5) is 0 Å². The highest BCUT2D eigenvalue weighted by Crippen LogP contribution is 2.27. The Bertz CT molecular complexity index is 257. The van der Waals surface area contributed by atoms with Crippen molar-refractivity contribution in [2.75, 3.05) is 7.05 Å². The summed E-state index contributed by atoms with van der Waals surface area (Å²) in [7, 11) is 1.84. The third-order valence-electron chi connectivity index (χ3n) is 2.36. The fourth-order valence-electron chi connectivity index (χ4n) is 1.67. The highest BCUT2D eigenvalue weighted by atomic mass is 32.2. The highest BCUT2D eigenvalue weighted by molar-refractivity contribution is 8.14. The van der Waals surface area contributed by atoms with Crippen LogP contribution < -0.4 is 5.43 Å². The van der Waals surface area contributed by atoms with Crippen molar-refractivity contribution in [2.45, 2.75) is 31.6 Å². The van der Waals surface area contributed by atoms with Gasteiger partial charge in [-0.25, -0.2) is 0 Å². The number of hydrazine groups is 1. The van der Waals surface area contributed by atoms with Crippen LogP contribution in [-0.4, -0.2) is 28.0 Å². The Morgan fingerprint density at radius 2 is 2.50 bits per heavy atom. The Hall–Kier alpha value is -0.510. The maximum absolute atomic E-state index is 4.16. The average Bonchev–Trinajstić information content (AvgIpc) is 2.49. The van der Waals surface area contributed by atoms with Crippen LogP contribution >= 0.6 is 11.8 Å².